The number of benzene rings is 2. The van der Waals surface area contributed by atoms with E-state index in [1.54, 1.807) is 24.3 Å². The second-order valence-corrected chi connectivity index (χ2v) is 5.94. The molecule has 27 heavy (non-hydrogen) atoms. The Bertz CT molecular complexity index is 987. The second-order valence-electron chi connectivity index (χ2n) is 5.94. The fourth-order valence-electron chi connectivity index (χ4n) is 2.48. The van der Waals surface area contributed by atoms with Gasteiger partial charge < -0.3 is 16.0 Å². The Morgan fingerprint density at radius 1 is 0.889 bits per heavy atom. The third-order valence-electron chi connectivity index (χ3n) is 3.75. The lowest BCUT2D eigenvalue weighted by Gasteiger charge is -2.10. The van der Waals surface area contributed by atoms with Crippen LogP contribution in [0.25, 0.3) is 0 Å². The fourth-order valence-corrected chi connectivity index (χ4v) is 2.48. The van der Waals surface area contributed by atoms with Gasteiger partial charge in [0.05, 0.1) is 0 Å². The van der Waals surface area contributed by atoms with Gasteiger partial charge in [-0.2, -0.15) is 0 Å². The minimum absolute atomic E-state index is 0.149. The smallest absolute Gasteiger partial charge is 0.274 e. The molecule has 0 aliphatic heterocycles. The number of anilines is 4. The molecular weight excluding hydrogens is 342 g/mol. The maximum Gasteiger partial charge on any atom is 0.274 e. The average Bonchev–Trinajstić information content (AvgIpc) is 2.63. The number of rotatable bonds is 5. The molecule has 0 radical (unpaired) electrons. The van der Waals surface area contributed by atoms with Crippen LogP contribution in [-0.2, 0) is 4.79 Å². The highest BCUT2D eigenvalue weighted by Gasteiger charge is 2.10. The molecule has 0 fully saturated rings. The van der Waals surface area contributed by atoms with Gasteiger partial charge in [-0.05, 0) is 36.8 Å². The first-order valence-corrected chi connectivity index (χ1v) is 8.35. The predicted octanol–water partition coefficient (Wildman–Crippen LogP) is 3.74. The Labute approximate surface area is 156 Å². The van der Waals surface area contributed by atoms with Crippen molar-refractivity contribution in [2.75, 3.05) is 16.0 Å². The van der Waals surface area contributed by atoms with Crippen LogP contribution in [0.1, 0.15) is 23.0 Å². The van der Waals surface area contributed by atoms with Gasteiger partial charge in [-0.3, -0.25) is 9.59 Å². The number of para-hydroxylation sites is 1. The van der Waals surface area contributed by atoms with E-state index in [1.807, 2.05) is 37.3 Å². The van der Waals surface area contributed by atoms with E-state index < -0.39 is 0 Å². The Morgan fingerprint density at radius 2 is 1.67 bits per heavy atom. The molecule has 0 saturated heterocycles. The lowest BCUT2D eigenvalue weighted by molar-refractivity contribution is -0.114. The molecule has 2 amide bonds. The maximum atomic E-state index is 12.5. The Balaban J connectivity index is 1.75. The van der Waals surface area contributed by atoms with Gasteiger partial charge in [-0.15, -0.1) is 0 Å². The van der Waals surface area contributed by atoms with E-state index in [4.69, 9.17) is 0 Å². The van der Waals surface area contributed by atoms with Gasteiger partial charge in [0.25, 0.3) is 5.91 Å². The van der Waals surface area contributed by atoms with Crippen molar-refractivity contribution in [2.24, 2.45) is 0 Å². The van der Waals surface area contributed by atoms with Crippen LogP contribution in [0.2, 0.25) is 0 Å². The van der Waals surface area contributed by atoms with E-state index in [1.165, 1.54) is 13.3 Å². The van der Waals surface area contributed by atoms with E-state index in [-0.39, 0.29) is 17.5 Å². The number of carbonyl (C=O) groups is 2. The molecule has 2 aromatic carbocycles. The first-order valence-electron chi connectivity index (χ1n) is 8.35. The number of aromatic nitrogens is 2. The summed E-state index contributed by atoms with van der Waals surface area (Å²) in [5.74, 6) is 0.00556. The summed E-state index contributed by atoms with van der Waals surface area (Å²) in [5.41, 5.74) is 3.34. The SMILES string of the molecule is CC(=O)Nc1cccc(Nc2cc(C(=O)Nc3ccccc3C)ncn2)c1. The molecule has 0 unspecified atom stereocenters. The van der Waals surface area contributed by atoms with E-state index in [0.717, 1.165) is 16.9 Å². The maximum absolute atomic E-state index is 12.5. The zero-order valence-electron chi connectivity index (χ0n) is 15.0. The molecule has 1 aromatic heterocycles. The number of amides is 2. The Hall–Kier alpha value is -3.74. The summed E-state index contributed by atoms with van der Waals surface area (Å²) in [6.45, 7) is 3.37. The quantitative estimate of drug-likeness (QED) is 0.643. The minimum atomic E-state index is -0.318. The molecule has 0 atom stereocenters. The summed E-state index contributed by atoms with van der Waals surface area (Å²) in [6, 6.07) is 16.3. The van der Waals surface area contributed by atoms with Crippen LogP contribution in [0, 0.1) is 6.92 Å². The molecule has 7 heteroatoms. The van der Waals surface area contributed by atoms with E-state index in [0.29, 0.717) is 11.5 Å². The van der Waals surface area contributed by atoms with Gasteiger partial charge in [0, 0.05) is 30.1 Å². The molecule has 0 saturated carbocycles. The van der Waals surface area contributed by atoms with Crippen LogP contribution in [0.5, 0.6) is 0 Å². The first kappa shape index (κ1) is 18.1. The lowest BCUT2D eigenvalue weighted by atomic mass is 10.2. The van der Waals surface area contributed by atoms with Gasteiger partial charge in [0.2, 0.25) is 5.91 Å². The van der Waals surface area contributed by atoms with Crippen molar-refractivity contribution in [1.29, 1.82) is 0 Å². The fraction of sp³-hybridized carbons (Fsp3) is 0.100. The van der Waals surface area contributed by atoms with Crippen molar-refractivity contribution in [3.8, 4) is 0 Å². The minimum Gasteiger partial charge on any atom is -0.340 e. The van der Waals surface area contributed by atoms with Crippen molar-refractivity contribution < 1.29 is 9.59 Å². The molecule has 0 aliphatic carbocycles. The monoisotopic (exact) mass is 361 g/mol. The van der Waals surface area contributed by atoms with Crippen molar-refractivity contribution in [2.45, 2.75) is 13.8 Å². The Kier molecular flexibility index (Phi) is 5.41. The van der Waals surface area contributed by atoms with Gasteiger partial charge in [-0.1, -0.05) is 24.3 Å². The van der Waals surface area contributed by atoms with Crippen molar-refractivity contribution in [3.05, 3.63) is 72.2 Å². The van der Waals surface area contributed by atoms with Crippen molar-refractivity contribution in [3.63, 3.8) is 0 Å². The summed E-state index contributed by atoms with van der Waals surface area (Å²) < 4.78 is 0. The topological polar surface area (TPSA) is 96.0 Å². The molecule has 0 bridgehead atoms. The average molecular weight is 361 g/mol. The van der Waals surface area contributed by atoms with Crippen LogP contribution in [0.15, 0.2) is 60.9 Å². The highest BCUT2D eigenvalue weighted by Crippen LogP contribution is 2.20. The van der Waals surface area contributed by atoms with E-state index in [2.05, 4.69) is 25.9 Å². The molecular formula is C20H19N5O2. The molecule has 1 heterocycles. The zero-order valence-corrected chi connectivity index (χ0v) is 15.0. The van der Waals surface area contributed by atoms with Gasteiger partial charge in [-0.25, -0.2) is 9.97 Å². The first-order chi connectivity index (χ1) is 13.0. The summed E-state index contributed by atoms with van der Waals surface area (Å²) in [7, 11) is 0. The van der Waals surface area contributed by atoms with Crippen molar-refractivity contribution >= 4 is 34.7 Å². The molecule has 3 N–H and O–H groups in total. The molecule has 0 spiro atoms. The van der Waals surface area contributed by atoms with E-state index >= 15 is 0 Å². The summed E-state index contributed by atoms with van der Waals surface area (Å²) >= 11 is 0. The van der Waals surface area contributed by atoms with Crippen molar-refractivity contribution in [1.82, 2.24) is 9.97 Å². The molecule has 3 rings (SSSR count). The summed E-state index contributed by atoms with van der Waals surface area (Å²) in [6.07, 6.45) is 1.33. The van der Waals surface area contributed by atoms with Crippen LogP contribution < -0.4 is 16.0 Å². The molecule has 136 valence electrons. The van der Waals surface area contributed by atoms with Gasteiger partial charge >= 0.3 is 0 Å². The zero-order chi connectivity index (χ0) is 19.2. The highest BCUT2D eigenvalue weighted by molar-refractivity contribution is 6.03. The molecule has 7 nitrogen and oxygen atoms in total. The number of nitrogens with zero attached hydrogens (tertiary/aromatic N) is 2. The highest BCUT2D eigenvalue weighted by atomic mass is 16.2. The molecule has 3 aromatic rings. The number of hydrogen-bond donors (Lipinski definition) is 3. The van der Waals surface area contributed by atoms with Crippen LogP contribution >= 0.6 is 0 Å². The third-order valence-corrected chi connectivity index (χ3v) is 3.75. The number of aryl methyl sites for hydroxylation is 1. The number of nitrogens with one attached hydrogen (secondary N) is 3. The van der Waals surface area contributed by atoms with Crippen LogP contribution in [0.4, 0.5) is 22.9 Å². The summed E-state index contributed by atoms with van der Waals surface area (Å²) in [5, 5.41) is 8.67. The lowest BCUT2D eigenvalue weighted by Crippen LogP contribution is -2.15. The third kappa shape index (κ3) is 4.88. The predicted molar refractivity (Wildman–Crippen MR) is 105 cm³/mol. The number of carbonyl (C=O) groups excluding carboxylic acids is 2. The van der Waals surface area contributed by atoms with E-state index in [9.17, 15) is 9.59 Å². The number of hydrogen-bond acceptors (Lipinski definition) is 5. The summed E-state index contributed by atoms with van der Waals surface area (Å²) in [4.78, 5) is 31.8. The van der Waals surface area contributed by atoms with Crippen LogP contribution in [-0.4, -0.2) is 21.8 Å². The van der Waals surface area contributed by atoms with Crippen LogP contribution in [0.3, 0.4) is 0 Å². The standard InChI is InChI=1S/C20H19N5O2/c1-13-6-3-4-9-17(13)25-20(27)18-11-19(22-12-21-18)24-16-8-5-7-15(10-16)23-14(2)26/h3-12H,1-2H3,(H,23,26)(H,25,27)(H,21,22,24). The van der Waals surface area contributed by atoms with Gasteiger partial charge in [0.1, 0.15) is 17.8 Å². The second kappa shape index (κ2) is 8.09. The Morgan fingerprint density at radius 3 is 2.44 bits per heavy atom. The largest absolute Gasteiger partial charge is 0.340 e. The molecule has 0 aliphatic rings. The van der Waals surface area contributed by atoms with Gasteiger partial charge in [0.15, 0.2) is 0 Å². The normalized spacial score (nSPS) is 10.1.